The van der Waals surface area contributed by atoms with Crippen LogP contribution >= 0.6 is 43.5 Å². The van der Waals surface area contributed by atoms with Crippen LogP contribution in [0.2, 0.25) is 5.02 Å². The van der Waals surface area contributed by atoms with Crippen LogP contribution in [-0.4, -0.2) is 31.1 Å². The van der Waals surface area contributed by atoms with E-state index in [0.717, 1.165) is 17.1 Å². The van der Waals surface area contributed by atoms with E-state index < -0.39 is 9.84 Å². The smallest absolute Gasteiger partial charge is 0.147 e. The van der Waals surface area contributed by atoms with Gasteiger partial charge in [-0.3, -0.25) is 0 Å². The Kier molecular flexibility index (Phi) is 6.84. The van der Waals surface area contributed by atoms with E-state index >= 15 is 0 Å². The third-order valence-electron chi connectivity index (χ3n) is 3.14. The molecule has 0 unspecified atom stereocenters. The van der Waals surface area contributed by atoms with Crippen LogP contribution in [0.15, 0.2) is 24.3 Å². The van der Waals surface area contributed by atoms with Gasteiger partial charge < -0.3 is 0 Å². The number of hydrogen-bond acceptors (Lipinski definition) is 2. The molecule has 0 aliphatic rings. The Hall–Kier alpha value is 0.420. The molecule has 0 spiro atoms. The van der Waals surface area contributed by atoms with E-state index in [1.807, 2.05) is 24.3 Å². The molecule has 1 aromatic carbocycles. The molecule has 0 saturated carbocycles. The zero-order valence-corrected chi connectivity index (χ0v) is 15.4. The summed E-state index contributed by atoms with van der Waals surface area (Å²) < 4.78 is 22.5. The lowest BCUT2D eigenvalue weighted by Crippen LogP contribution is -2.30. The number of hydrogen-bond donors (Lipinski definition) is 0. The maximum absolute atomic E-state index is 11.2. The molecule has 0 aliphatic heterocycles. The average Bonchev–Trinajstić information content (AvgIpc) is 2.35. The van der Waals surface area contributed by atoms with E-state index in [1.165, 1.54) is 11.8 Å². The Bertz CT molecular complexity index is 496. The summed E-state index contributed by atoms with van der Waals surface area (Å²) in [6, 6.07) is 7.75. The maximum Gasteiger partial charge on any atom is 0.147 e. The summed E-state index contributed by atoms with van der Waals surface area (Å²) in [7, 11) is -2.90. The first-order valence-electron chi connectivity index (χ1n) is 5.89. The summed E-state index contributed by atoms with van der Waals surface area (Å²) in [5.74, 6) is 0.225. The lowest BCUT2D eigenvalue weighted by Gasteiger charge is -2.30. The van der Waals surface area contributed by atoms with Crippen molar-refractivity contribution in [1.29, 1.82) is 0 Å². The van der Waals surface area contributed by atoms with Gasteiger partial charge in [0.05, 0.1) is 0 Å². The van der Waals surface area contributed by atoms with Crippen LogP contribution in [0.1, 0.15) is 18.4 Å². The highest BCUT2D eigenvalue weighted by Crippen LogP contribution is 2.34. The van der Waals surface area contributed by atoms with Crippen molar-refractivity contribution in [3.8, 4) is 0 Å². The van der Waals surface area contributed by atoms with Gasteiger partial charge in [-0.05, 0) is 30.5 Å². The van der Waals surface area contributed by atoms with Gasteiger partial charge in [0.25, 0.3) is 0 Å². The molecule has 6 heteroatoms. The third-order valence-corrected chi connectivity index (χ3v) is 6.57. The van der Waals surface area contributed by atoms with Gasteiger partial charge in [0, 0.05) is 33.1 Å². The van der Waals surface area contributed by atoms with Crippen molar-refractivity contribution < 1.29 is 8.42 Å². The second kappa shape index (κ2) is 7.43. The predicted octanol–water partition coefficient (Wildman–Crippen LogP) is 4.19. The Labute approximate surface area is 137 Å². The zero-order valence-electron chi connectivity index (χ0n) is 10.7. The Morgan fingerprint density at radius 2 is 1.68 bits per heavy atom. The fraction of sp³-hybridized carbons (Fsp3) is 0.538. The molecule has 108 valence electrons. The van der Waals surface area contributed by atoms with Crippen molar-refractivity contribution in [3.63, 3.8) is 0 Å². The highest BCUT2D eigenvalue weighted by molar-refractivity contribution is 9.09. The van der Waals surface area contributed by atoms with Crippen molar-refractivity contribution in [3.05, 3.63) is 34.9 Å². The first-order chi connectivity index (χ1) is 8.83. The number of alkyl halides is 2. The Morgan fingerprint density at radius 1 is 1.16 bits per heavy atom. The third kappa shape index (κ3) is 5.37. The van der Waals surface area contributed by atoms with Gasteiger partial charge in [0.15, 0.2) is 0 Å². The molecule has 0 saturated heterocycles. The number of rotatable bonds is 7. The van der Waals surface area contributed by atoms with E-state index in [4.69, 9.17) is 11.6 Å². The molecule has 0 N–H and O–H groups in total. The summed E-state index contributed by atoms with van der Waals surface area (Å²) >= 11 is 13.0. The van der Waals surface area contributed by atoms with E-state index in [2.05, 4.69) is 31.9 Å². The second-order valence-electron chi connectivity index (χ2n) is 4.79. The minimum Gasteiger partial charge on any atom is -0.229 e. The molecule has 0 amide bonds. The first kappa shape index (κ1) is 17.5. The highest BCUT2D eigenvalue weighted by atomic mass is 79.9. The van der Waals surface area contributed by atoms with Crippen LogP contribution in [-0.2, 0) is 15.3 Å². The Morgan fingerprint density at radius 3 is 2.11 bits per heavy atom. The lowest BCUT2D eigenvalue weighted by molar-refractivity contribution is 0.495. The summed E-state index contributed by atoms with van der Waals surface area (Å²) in [6.45, 7) is 0. The van der Waals surface area contributed by atoms with Gasteiger partial charge >= 0.3 is 0 Å². The molecule has 19 heavy (non-hydrogen) atoms. The lowest BCUT2D eigenvalue weighted by atomic mass is 9.80. The molecular weight excluding hydrogens is 415 g/mol. The minimum atomic E-state index is -2.90. The summed E-state index contributed by atoms with van der Waals surface area (Å²) in [5, 5.41) is 2.26. The second-order valence-corrected chi connectivity index (χ2v) is 8.61. The fourth-order valence-electron chi connectivity index (χ4n) is 1.94. The molecule has 0 aliphatic carbocycles. The van der Waals surface area contributed by atoms with Crippen LogP contribution in [0.4, 0.5) is 0 Å². The molecule has 0 radical (unpaired) electrons. The fourth-order valence-corrected chi connectivity index (χ4v) is 4.88. The van der Waals surface area contributed by atoms with Crippen LogP contribution in [0.3, 0.4) is 0 Å². The predicted molar refractivity (Wildman–Crippen MR) is 89.7 cm³/mol. The summed E-state index contributed by atoms with van der Waals surface area (Å²) in [6.07, 6.45) is 2.73. The summed E-state index contributed by atoms with van der Waals surface area (Å²) in [4.78, 5) is 0. The van der Waals surface area contributed by atoms with Crippen LogP contribution < -0.4 is 0 Å². The summed E-state index contributed by atoms with van der Waals surface area (Å²) in [5.41, 5.74) is 1.06. The van der Waals surface area contributed by atoms with Gasteiger partial charge in [-0.2, -0.15) is 0 Å². The highest BCUT2D eigenvalue weighted by Gasteiger charge is 2.30. The standard InChI is InChI=1S/C13H17Br2ClO2S/c1-19(17,18)8-2-7-13(9-14,10-15)11-3-5-12(16)6-4-11/h3-6H,2,7-10H2,1H3. The van der Waals surface area contributed by atoms with Crippen LogP contribution in [0.5, 0.6) is 0 Å². The first-order valence-corrected chi connectivity index (χ1v) is 10.6. The normalized spacial score (nSPS) is 12.6. The molecule has 1 rings (SSSR count). The van der Waals surface area contributed by atoms with Gasteiger partial charge in [0.2, 0.25) is 0 Å². The monoisotopic (exact) mass is 430 g/mol. The van der Waals surface area contributed by atoms with Crippen molar-refractivity contribution in [2.75, 3.05) is 22.7 Å². The quantitative estimate of drug-likeness (QED) is 0.606. The molecule has 0 bridgehead atoms. The van der Waals surface area contributed by atoms with E-state index in [-0.39, 0.29) is 11.2 Å². The molecule has 0 atom stereocenters. The van der Waals surface area contributed by atoms with Crippen molar-refractivity contribution in [2.24, 2.45) is 0 Å². The number of benzene rings is 1. The largest absolute Gasteiger partial charge is 0.229 e. The van der Waals surface area contributed by atoms with E-state index in [9.17, 15) is 8.42 Å². The Balaban J connectivity index is 2.87. The minimum absolute atomic E-state index is 0.102. The number of sulfone groups is 1. The zero-order chi connectivity index (χ0) is 14.5. The molecule has 2 nitrogen and oxygen atoms in total. The molecule has 1 aromatic rings. The molecule has 0 aromatic heterocycles. The molecule has 0 fully saturated rings. The average molecular weight is 433 g/mol. The van der Waals surface area contributed by atoms with Gasteiger partial charge in [0.1, 0.15) is 9.84 Å². The SMILES string of the molecule is CS(=O)(=O)CCCC(CBr)(CBr)c1ccc(Cl)cc1. The van der Waals surface area contributed by atoms with Crippen LogP contribution in [0, 0.1) is 0 Å². The van der Waals surface area contributed by atoms with E-state index in [0.29, 0.717) is 11.4 Å². The van der Waals surface area contributed by atoms with Crippen LogP contribution in [0.25, 0.3) is 0 Å². The van der Waals surface area contributed by atoms with Gasteiger partial charge in [-0.1, -0.05) is 55.6 Å². The molecule has 0 heterocycles. The number of halogens is 3. The van der Waals surface area contributed by atoms with Gasteiger partial charge in [-0.15, -0.1) is 0 Å². The maximum atomic E-state index is 11.2. The van der Waals surface area contributed by atoms with Gasteiger partial charge in [-0.25, -0.2) is 8.42 Å². The van der Waals surface area contributed by atoms with Crippen molar-refractivity contribution in [1.82, 2.24) is 0 Å². The van der Waals surface area contributed by atoms with E-state index in [1.54, 1.807) is 0 Å². The van der Waals surface area contributed by atoms with Crippen molar-refractivity contribution >= 4 is 53.3 Å². The molecular formula is C13H17Br2ClO2S. The topological polar surface area (TPSA) is 34.1 Å². The van der Waals surface area contributed by atoms with Crippen molar-refractivity contribution in [2.45, 2.75) is 18.3 Å².